The van der Waals surface area contributed by atoms with Crippen molar-refractivity contribution in [2.24, 2.45) is 0 Å². The number of methoxy groups -OCH3 is 1. The second kappa shape index (κ2) is 9.30. The van der Waals surface area contributed by atoms with Gasteiger partial charge in [-0.25, -0.2) is 4.39 Å². The van der Waals surface area contributed by atoms with Crippen LogP contribution < -0.4 is 10.1 Å². The third kappa shape index (κ3) is 6.33. The molecule has 0 spiro atoms. The monoisotopic (exact) mass is 319 g/mol. The maximum atomic E-state index is 13.4. The number of halogens is 2. The Bertz CT molecular complexity index is 350. The van der Waals surface area contributed by atoms with Gasteiger partial charge < -0.3 is 14.8 Å². The van der Waals surface area contributed by atoms with Gasteiger partial charge in [-0.2, -0.15) is 0 Å². The molecule has 18 heavy (non-hydrogen) atoms. The molecular weight excluding hydrogens is 301 g/mol. The Morgan fingerprint density at radius 1 is 1.22 bits per heavy atom. The van der Waals surface area contributed by atoms with Gasteiger partial charge in [0.2, 0.25) is 0 Å². The highest BCUT2D eigenvalue weighted by atomic mass is 79.9. The lowest BCUT2D eigenvalue weighted by Crippen LogP contribution is -2.20. The molecule has 0 aliphatic rings. The number of nitrogens with one attached hydrogen (secondary N) is 1. The first-order valence-corrected chi connectivity index (χ1v) is 6.81. The van der Waals surface area contributed by atoms with E-state index in [4.69, 9.17) is 9.47 Å². The van der Waals surface area contributed by atoms with Crippen molar-refractivity contribution in [3.05, 3.63) is 28.5 Å². The molecule has 0 fully saturated rings. The van der Waals surface area contributed by atoms with Gasteiger partial charge in [0, 0.05) is 18.1 Å². The van der Waals surface area contributed by atoms with E-state index in [2.05, 4.69) is 21.2 Å². The molecule has 0 aliphatic heterocycles. The third-order valence-electron chi connectivity index (χ3n) is 2.38. The molecule has 5 heteroatoms. The second-order valence-electron chi connectivity index (χ2n) is 3.87. The van der Waals surface area contributed by atoms with Crippen LogP contribution in [0.5, 0.6) is 5.75 Å². The van der Waals surface area contributed by atoms with Gasteiger partial charge in [-0.3, -0.25) is 0 Å². The summed E-state index contributed by atoms with van der Waals surface area (Å²) in [6.45, 7) is 3.04. The highest BCUT2D eigenvalue weighted by molar-refractivity contribution is 9.10. The minimum Gasteiger partial charge on any atom is -0.491 e. The van der Waals surface area contributed by atoms with E-state index in [1.54, 1.807) is 19.2 Å². The summed E-state index contributed by atoms with van der Waals surface area (Å²) >= 11 is 3.21. The number of unbranched alkanes of at least 4 members (excludes halogenated alkanes) is 1. The normalized spacial score (nSPS) is 10.6. The third-order valence-corrected chi connectivity index (χ3v) is 2.88. The van der Waals surface area contributed by atoms with E-state index in [-0.39, 0.29) is 5.82 Å². The predicted molar refractivity (Wildman–Crippen MR) is 73.6 cm³/mol. The molecule has 0 aromatic heterocycles. The minimum absolute atomic E-state index is 0.311. The molecule has 1 aromatic rings. The summed E-state index contributed by atoms with van der Waals surface area (Å²) in [4.78, 5) is 0. The number of hydrogen-bond donors (Lipinski definition) is 1. The number of ether oxygens (including phenoxy) is 2. The number of benzene rings is 1. The summed E-state index contributed by atoms with van der Waals surface area (Å²) in [6.07, 6.45) is 1.90. The summed E-state index contributed by atoms with van der Waals surface area (Å²) in [6, 6.07) is 4.81. The molecule has 1 aromatic carbocycles. The largest absolute Gasteiger partial charge is 0.491 e. The van der Waals surface area contributed by atoms with Gasteiger partial charge in [-0.1, -0.05) is 15.9 Å². The lowest BCUT2D eigenvalue weighted by Gasteiger charge is -2.08. The van der Waals surface area contributed by atoms with Crippen LogP contribution in [-0.2, 0) is 4.74 Å². The smallest absolute Gasteiger partial charge is 0.166 e. The molecule has 0 unspecified atom stereocenters. The fraction of sp³-hybridized carbons (Fsp3) is 0.538. The van der Waals surface area contributed by atoms with Gasteiger partial charge in [0.15, 0.2) is 11.6 Å². The fourth-order valence-corrected chi connectivity index (χ4v) is 1.76. The quantitative estimate of drug-likeness (QED) is 0.710. The highest BCUT2D eigenvalue weighted by Crippen LogP contribution is 2.21. The van der Waals surface area contributed by atoms with Crippen LogP contribution in [0.15, 0.2) is 22.7 Å². The Morgan fingerprint density at radius 2 is 2.06 bits per heavy atom. The van der Waals surface area contributed by atoms with Gasteiger partial charge in [0.05, 0.1) is 13.2 Å². The van der Waals surface area contributed by atoms with E-state index in [1.807, 2.05) is 0 Å². The van der Waals surface area contributed by atoms with Gasteiger partial charge in [0.25, 0.3) is 0 Å². The summed E-state index contributed by atoms with van der Waals surface area (Å²) in [5.74, 6) is -0.0202. The number of rotatable bonds is 9. The van der Waals surface area contributed by atoms with E-state index in [0.717, 1.165) is 37.0 Å². The Balaban J connectivity index is 2.07. The maximum Gasteiger partial charge on any atom is 0.166 e. The Kier molecular flexibility index (Phi) is 7.96. The molecule has 0 aliphatic carbocycles. The zero-order chi connectivity index (χ0) is 13.2. The summed E-state index contributed by atoms with van der Waals surface area (Å²) in [5, 5.41) is 3.24. The van der Waals surface area contributed by atoms with E-state index in [9.17, 15) is 4.39 Å². The molecule has 1 rings (SSSR count). The molecule has 0 bridgehead atoms. The van der Waals surface area contributed by atoms with Crippen LogP contribution in [-0.4, -0.2) is 33.4 Å². The van der Waals surface area contributed by atoms with Crippen LogP contribution in [0.2, 0.25) is 0 Å². The first kappa shape index (κ1) is 15.4. The standard InChI is InChI=1S/C13H19BrFNO2/c1-17-9-7-16-6-2-3-8-18-13-5-4-11(14)10-12(13)15/h4-5,10,16H,2-3,6-9H2,1H3. The maximum absolute atomic E-state index is 13.4. The molecular formula is C13H19BrFNO2. The van der Waals surface area contributed by atoms with Crippen LogP contribution in [0.1, 0.15) is 12.8 Å². The van der Waals surface area contributed by atoms with Crippen LogP contribution in [0.3, 0.4) is 0 Å². The molecule has 0 radical (unpaired) electrons. The van der Waals surface area contributed by atoms with Crippen molar-refractivity contribution in [2.75, 3.05) is 33.4 Å². The Labute approximate surface area is 116 Å². The van der Waals surface area contributed by atoms with Crippen molar-refractivity contribution in [3.8, 4) is 5.75 Å². The topological polar surface area (TPSA) is 30.5 Å². The van der Waals surface area contributed by atoms with Crippen molar-refractivity contribution in [1.29, 1.82) is 0 Å². The van der Waals surface area contributed by atoms with Crippen molar-refractivity contribution in [1.82, 2.24) is 5.32 Å². The van der Waals surface area contributed by atoms with Gasteiger partial charge in [-0.05, 0) is 37.6 Å². The average Bonchev–Trinajstić information content (AvgIpc) is 2.35. The average molecular weight is 320 g/mol. The fourth-order valence-electron chi connectivity index (χ4n) is 1.43. The molecule has 0 amide bonds. The summed E-state index contributed by atoms with van der Waals surface area (Å²) in [7, 11) is 1.68. The van der Waals surface area contributed by atoms with E-state index in [1.165, 1.54) is 6.07 Å². The Hall–Kier alpha value is -0.650. The first-order valence-electron chi connectivity index (χ1n) is 6.01. The van der Waals surface area contributed by atoms with E-state index in [0.29, 0.717) is 12.4 Å². The van der Waals surface area contributed by atoms with Crippen molar-refractivity contribution in [3.63, 3.8) is 0 Å². The predicted octanol–water partition coefficient (Wildman–Crippen LogP) is 2.98. The molecule has 1 N–H and O–H groups in total. The minimum atomic E-state index is -0.331. The molecule has 102 valence electrons. The summed E-state index contributed by atoms with van der Waals surface area (Å²) in [5.41, 5.74) is 0. The Morgan fingerprint density at radius 3 is 2.78 bits per heavy atom. The van der Waals surface area contributed by atoms with Crippen LogP contribution >= 0.6 is 15.9 Å². The summed E-state index contributed by atoms with van der Waals surface area (Å²) < 4.78 is 24.4. The van der Waals surface area contributed by atoms with Crippen molar-refractivity contribution < 1.29 is 13.9 Å². The van der Waals surface area contributed by atoms with Gasteiger partial charge in [-0.15, -0.1) is 0 Å². The SMILES string of the molecule is COCCNCCCCOc1ccc(Br)cc1F. The molecule has 0 atom stereocenters. The number of hydrogen-bond acceptors (Lipinski definition) is 3. The van der Waals surface area contributed by atoms with Crippen molar-refractivity contribution in [2.45, 2.75) is 12.8 Å². The lowest BCUT2D eigenvalue weighted by molar-refractivity contribution is 0.199. The van der Waals surface area contributed by atoms with Crippen LogP contribution in [0.4, 0.5) is 4.39 Å². The lowest BCUT2D eigenvalue weighted by atomic mass is 10.3. The van der Waals surface area contributed by atoms with Gasteiger partial charge >= 0.3 is 0 Å². The first-order chi connectivity index (χ1) is 8.74. The molecule has 0 saturated heterocycles. The highest BCUT2D eigenvalue weighted by Gasteiger charge is 2.03. The van der Waals surface area contributed by atoms with Gasteiger partial charge in [0.1, 0.15) is 0 Å². The molecule has 0 saturated carbocycles. The second-order valence-corrected chi connectivity index (χ2v) is 4.79. The zero-order valence-corrected chi connectivity index (χ0v) is 12.1. The van der Waals surface area contributed by atoms with E-state index >= 15 is 0 Å². The molecule has 0 heterocycles. The van der Waals surface area contributed by atoms with Crippen molar-refractivity contribution >= 4 is 15.9 Å². The van der Waals surface area contributed by atoms with Crippen LogP contribution in [0.25, 0.3) is 0 Å². The molecule has 3 nitrogen and oxygen atoms in total. The van der Waals surface area contributed by atoms with E-state index < -0.39 is 0 Å². The zero-order valence-electron chi connectivity index (χ0n) is 10.5. The van der Waals surface area contributed by atoms with Crippen LogP contribution in [0, 0.1) is 5.82 Å².